The minimum absolute atomic E-state index is 0.403. The Kier molecular flexibility index (Phi) is 4.52. The maximum Gasteiger partial charge on any atom is 0.345 e. The summed E-state index contributed by atoms with van der Waals surface area (Å²) in [7, 11) is 1.56. The fourth-order valence-electron chi connectivity index (χ4n) is 2.91. The van der Waals surface area contributed by atoms with Gasteiger partial charge in [0.05, 0.1) is 38.1 Å². The number of methoxy groups -OCH3 is 1. The first-order valence-electron chi connectivity index (χ1n) is 8.10. The minimum atomic E-state index is -0.403. The van der Waals surface area contributed by atoms with E-state index < -0.39 is 5.63 Å². The van der Waals surface area contributed by atoms with Crippen LogP contribution in [0.15, 0.2) is 38.9 Å². The number of nitrogens with zero attached hydrogens (tertiary/aromatic N) is 2. The van der Waals surface area contributed by atoms with Gasteiger partial charge in [-0.05, 0) is 12.1 Å². The van der Waals surface area contributed by atoms with E-state index in [9.17, 15) is 4.79 Å². The van der Waals surface area contributed by atoms with Crippen molar-refractivity contribution in [2.75, 3.05) is 33.4 Å². The summed E-state index contributed by atoms with van der Waals surface area (Å²) in [4.78, 5) is 19.4. The molecule has 0 bridgehead atoms. The summed E-state index contributed by atoms with van der Waals surface area (Å²) in [5.74, 6) is 0.549. The summed E-state index contributed by atoms with van der Waals surface area (Å²) in [6.07, 6.45) is 0. The van der Waals surface area contributed by atoms with Gasteiger partial charge in [-0.25, -0.2) is 9.78 Å². The van der Waals surface area contributed by atoms with Gasteiger partial charge in [0.1, 0.15) is 5.01 Å². The van der Waals surface area contributed by atoms with Crippen LogP contribution in [0.3, 0.4) is 0 Å². The first-order valence-corrected chi connectivity index (χ1v) is 8.98. The highest BCUT2D eigenvalue weighted by Crippen LogP contribution is 2.28. The van der Waals surface area contributed by atoms with Gasteiger partial charge in [-0.1, -0.05) is 12.1 Å². The van der Waals surface area contributed by atoms with Crippen molar-refractivity contribution in [3.05, 3.63) is 45.1 Å². The van der Waals surface area contributed by atoms with Crippen LogP contribution in [-0.2, 0) is 11.3 Å². The van der Waals surface area contributed by atoms with E-state index in [1.807, 2.05) is 23.6 Å². The number of thiazole rings is 1. The third-order valence-corrected chi connectivity index (χ3v) is 5.07. The van der Waals surface area contributed by atoms with Gasteiger partial charge in [-0.3, -0.25) is 4.90 Å². The van der Waals surface area contributed by atoms with Crippen LogP contribution in [0.2, 0.25) is 0 Å². The van der Waals surface area contributed by atoms with E-state index in [2.05, 4.69) is 9.88 Å². The maximum absolute atomic E-state index is 12.4. The molecule has 0 N–H and O–H groups in total. The topological polar surface area (TPSA) is 64.8 Å². The molecule has 1 fully saturated rings. The number of para-hydroxylation sites is 1. The van der Waals surface area contributed by atoms with Crippen LogP contribution >= 0.6 is 11.3 Å². The Balaban J connectivity index is 1.65. The van der Waals surface area contributed by atoms with Gasteiger partial charge < -0.3 is 13.9 Å². The van der Waals surface area contributed by atoms with Crippen LogP contribution in [0, 0.1) is 0 Å². The van der Waals surface area contributed by atoms with Gasteiger partial charge >= 0.3 is 5.63 Å². The summed E-state index contributed by atoms with van der Waals surface area (Å²) < 4.78 is 16.1. The zero-order valence-corrected chi connectivity index (χ0v) is 14.7. The van der Waals surface area contributed by atoms with Crippen LogP contribution in [0.1, 0.15) is 5.01 Å². The standard InChI is InChI=1S/C18H18N2O4S/c1-22-15-4-2-3-12-9-13(18(21)24-17(12)15)14-11-25-16(19-14)10-20-5-7-23-8-6-20/h2-4,9,11H,5-8,10H2,1H3. The van der Waals surface area contributed by atoms with Crippen LogP contribution in [0.4, 0.5) is 0 Å². The van der Waals surface area contributed by atoms with Crippen molar-refractivity contribution in [1.82, 2.24) is 9.88 Å². The summed E-state index contributed by atoms with van der Waals surface area (Å²) in [5, 5.41) is 3.72. The van der Waals surface area contributed by atoms with Crippen molar-refractivity contribution >= 4 is 22.3 Å². The molecular weight excluding hydrogens is 340 g/mol. The Morgan fingerprint density at radius 2 is 2.16 bits per heavy atom. The second-order valence-corrected chi connectivity index (χ2v) is 6.78. The molecule has 0 saturated carbocycles. The molecule has 0 atom stereocenters. The number of hydrogen-bond acceptors (Lipinski definition) is 7. The number of morpholine rings is 1. The molecule has 1 aliphatic rings. The quantitative estimate of drug-likeness (QED) is 0.668. The van der Waals surface area contributed by atoms with E-state index in [0.717, 1.165) is 43.2 Å². The summed E-state index contributed by atoms with van der Waals surface area (Å²) in [6, 6.07) is 7.35. The Labute approximate surface area is 148 Å². The summed E-state index contributed by atoms with van der Waals surface area (Å²) in [6.45, 7) is 4.11. The molecule has 1 aromatic carbocycles. The van der Waals surface area contributed by atoms with Gasteiger partial charge in [0.25, 0.3) is 0 Å². The summed E-state index contributed by atoms with van der Waals surface area (Å²) >= 11 is 1.56. The largest absolute Gasteiger partial charge is 0.493 e. The molecule has 1 aliphatic heterocycles. The maximum atomic E-state index is 12.4. The lowest BCUT2D eigenvalue weighted by Gasteiger charge is -2.25. The Bertz CT molecular complexity index is 944. The van der Waals surface area contributed by atoms with Crippen LogP contribution in [-0.4, -0.2) is 43.3 Å². The van der Waals surface area contributed by atoms with Gasteiger partial charge in [0, 0.05) is 23.9 Å². The zero-order valence-electron chi connectivity index (χ0n) is 13.9. The predicted octanol–water partition coefficient (Wildman–Crippen LogP) is 2.76. The van der Waals surface area contributed by atoms with E-state index in [0.29, 0.717) is 22.6 Å². The van der Waals surface area contributed by atoms with Crippen LogP contribution in [0.5, 0.6) is 5.75 Å². The molecule has 2 aromatic heterocycles. The van der Waals surface area contributed by atoms with Crippen molar-refractivity contribution in [2.24, 2.45) is 0 Å². The predicted molar refractivity (Wildman–Crippen MR) is 96.2 cm³/mol. The van der Waals surface area contributed by atoms with Crippen LogP contribution in [0.25, 0.3) is 22.2 Å². The van der Waals surface area contributed by atoms with Gasteiger partial charge in [0.2, 0.25) is 0 Å². The molecule has 3 heterocycles. The zero-order chi connectivity index (χ0) is 17.2. The first kappa shape index (κ1) is 16.3. The van der Waals surface area contributed by atoms with E-state index in [1.165, 1.54) is 0 Å². The average Bonchev–Trinajstić information content (AvgIpc) is 3.09. The highest BCUT2D eigenvalue weighted by atomic mass is 32.1. The average molecular weight is 358 g/mol. The van der Waals surface area contributed by atoms with E-state index in [4.69, 9.17) is 13.9 Å². The number of ether oxygens (including phenoxy) is 2. The van der Waals surface area contributed by atoms with E-state index in [-0.39, 0.29) is 0 Å². The van der Waals surface area contributed by atoms with Gasteiger partial charge in [-0.2, -0.15) is 0 Å². The minimum Gasteiger partial charge on any atom is -0.493 e. The molecule has 0 aliphatic carbocycles. The number of rotatable bonds is 4. The lowest BCUT2D eigenvalue weighted by Crippen LogP contribution is -2.35. The third-order valence-electron chi connectivity index (χ3n) is 4.23. The SMILES string of the molecule is COc1cccc2cc(-c3csc(CN4CCOCC4)n3)c(=O)oc12. The lowest BCUT2D eigenvalue weighted by molar-refractivity contribution is 0.0342. The molecule has 25 heavy (non-hydrogen) atoms. The molecule has 0 spiro atoms. The van der Waals surface area contributed by atoms with Crippen molar-refractivity contribution < 1.29 is 13.9 Å². The van der Waals surface area contributed by atoms with Crippen LogP contribution < -0.4 is 10.4 Å². The monoisotopic (exact) mass is 358 g/mol. The lowest BCUT2D eigenvalue weighted by atomic mass is 10.1. The molecule has 0 amide bonds. The molecule has 130 valence electrons. The number of fused-ring (bicyclic) bond motifs is 1. The highest BCUT2D eigenvalue weighted by molar-refractivity contribution is 7.09. The summed E-state index contributed by atoms with van der Waals surface area (Å²) in [5.41, 5.74) is 1.19. The van der Waals surface area contributed by atoms with E-state index in [1.54, 1.807) is 24.5 Å². The van der Waals surface area contributed by atoms with Crippen molar-refractivity contribution in [3.8, 4) is 17.0 Å². The second-order valence-electron chi connectivity index (χ2n) is 5.84. The van der Waals surface area contributed by atoms with Crippen molar-refractivity contribution in [3.63, 3.8) is 0 Å². The van der Waals surface area contributed by atoms with Crippen molar-refractivity contribution in [1.29, 1.82) is 0 Å². The Morgan fingerprint density at radius 3 is 2.96 bits per heavy atom. The van der Waals surface area contributed by atoms with Gasteiger partial charge in [-0.15, -0.1) is 11.3 Å². The number of hydrogen-bond donors (Lipinski definition) is 0. The molecular formula is C18H18N2O4S. The molecule has 0 unspecified atom stereocenters. The van der Waals surface area contributed by atoms with Gasteiger partial charge in [0.15, 0.2) is 11.3 Å². The van der Waals surface area contributed by atoms with E-state index >= 15 is 0 Å². The molecule has 3 aromatic rings. The Hall–Kier alpha value is -2.22. The molecule has 4 rings (SSSR count). The molecule has 7 heteroatoms. The fraction of sp³-hybridized carbons (Fsp3) is 0.333. The number of aromatic nitrogens is 1. The number of benzene rings is 1. The molecule has 1 saturated heterocycles. The smallest absolute Gasteiger partial charge is 0.345 e. The third kappa shape index (κ3) is 3.30. The highest BCUT2D eigenvalue weighted by Gasteiger charge is 2.16. The normalized spacial score (nSPS) is 15.6. The molecule has 6 nitrogen and oxygen atoms in total. The molecule has 0 radical (unpaired) electrons. The first-order chi connectivity index (χ1) is 12.2. The Morgan fingerprint density at radius 1 is 1.32 bits per heavy atom. The fourth-order valence-corrected chi connectivity index (χ4v) is 3.75. The second kappa shape index (κ2) is 6.95. The van der Waals surface area contributed by atoms with Crippen molar-refractivity contribution in [2.45, 2.75) is 6.54 Å².